The van der Waals surface area contributed by atoms with Gasteiger partial charge in [-0.1, -0.05) is 18.2 Å². The number of rotatable bonds is 6. The second-order valence-electron chi connectivity index (χ2n) is 6.61. The highest BCUT2D eigenvalue weighted by atomic mass is 19.4. The topological polar surface area (TPSA) is 47.4 Å². The molecule has 0 saturated heterocycles. The van der Waals surface area contributed by atoms with Crippen molar-refractivity contribution < 1.29 is 27.1 Å². The Hall–Kier alpha value is -3.36. The van der Waals surface area contributed by atoms with E-state index in [-0.39, 0.29) is 36.1 Å². The molecule has 1 heterocycles. The number of carbonyl (C=O) groups excluding carboxylic acids is 1. The van der Waals surface area contributed by atoms with Crippen molar-refractivity contribution in [3.05, 3.63) is 77.4 Å². The first kappa shape index (κ1) is 21.4. The fraction of sp³-hybridized carbons (Fsp3) is 0.238. The summed E-state index contributed by atoms with van der Waals surface area (Å²) in [5, 5.41) is 4.07. The Balaban J connectivity index is 1.70. The number of ether oxygens (including phenoxy) is 1. The summed E-state index contributed by atoms with van der Waals surface area (Å²) in [5.74, 6) is -0.778. The van der Waals surface area contributed by atoms with Crippen LogP contribution in [0.1, 0.15) is 21.6 Å². The molecule has 9 heteroatoms. The summed E-state index contributed by atoms with van der Waals surface area (Å²) in [6.07, 6.45) is -3.17. The molecule has 0 fully saturated rings. The predicted molar refractivity (Wildman–Crippen MR) is 102 cm³/mol. The van der Waals surface area contributed by atoms with Gasteiger partial charge in [0.05, 0.1) is 35.2 Å². The first-order valence-electron chi connectivity index (χ1n) is 9.03. The van der Waals surface area contributed by atoms with E-state index in [4.69, 9.17) is 4.74 Å². The van der Waals surface area contributed by atoms with Crippen LogP contribution in [0.15, 0.2) is 54.7 Å². The molecule has 0 spiro atoms. The third-order valence-electron chi connectivity index (χ3n) is 4.53. The number of alkyl halides is 3. The molecule has 2 aromatic carbocycles. The van der Waals surface area contributed by atoms with Crippen molar-refractivity contribution in [1.29, 1.82) is 0 Å². The standard InChI is InChI=1S/C21H19F4N3O2/c1-14-17(13-26-28(14)16-7-5-6-15(12-16)21(23,24)25)20(29)27(2)10-11-30-19-9-4-3-8-18(19)22/h3-9,12-13H,10-11H2,1-2H3. The molecule has 0 N–H and O–H groups in total. The molecule has 0 radical (unpaired) electrons. The van der Waals surface area contributed by atoms with E-state index in [9.17, 15) is 22.4 Å². The van der Waals surface area contributed by atoms with Crippen LogP contribution in [0.5, 0.6) is 5.75 Å². The smallest absolute Gasteiger partial charge is 0.416 e. The highest BCUT2D eigenvalue weighted by molar-refractivity contribution is 5.95. The molecular formula is C21H19F4N3O2. The van der Waals surface area contributed by atoms with Gasteiger partial charge in [-0.05, 0) is 37.3 Å². The number of aromatic nitrogens is 2. The molecule has 0 unspecified atom stereocenters. The monoisotopic (exact) mass is 421 g/mol. The zero-order valence-corrected chi connectivity index (χ0v) is 16.3. The Bertz CT molecular complexity index is 1050. The van der Waals surface area contributed by atoms with Gasteiger partial charge in [-0.2, -0.15) is 18.3 Å². The van der Waals surface area contributed by atoms with Crippen LogP contribution >= 0.6 is 0 Å². The summed E-state index contributed by atoms with van der Waals surface area (Å²) in [5.41, 5.74) is 0.0547. The number of amides is 1. The van der Waals surface area contributed by atoms with Gasteiger partial charge in [-0.3, -0.25) is 4.79 Å². The number of para-hydroxylation sites is 1. The maximum Gasteiger partial charge on any atom is 0.416 e. The van der Waals surface area contributed by atoms with E-state index in [2.05, 4.69) is 5.10 Å². The first-order chi connectivity index (χ1) is 14.2. The Kier molecular flexibility index (Phi) is 6.09. The van der Waals surface area contributed by atoms with E-state index in [0.29, 0.717) is 5.69 Å². The van der Waals surface area contributed by atoms with Crippen LogP contribution < -0.4 is 4.74 Å². The van der Waals surface area contributed by atoms with Crippen molar-refractivity contribution >= 4 is 5.91 Å². The fourth-order valence-corrected chi connectivity index (χ4v) is 2.86. The van der Waals surface area contributed by atoms with E-state index >= 15 is 0 Å². The van der Waals surface area contributed by atoms with Crippen molar-refractivity contribution in [3.63, 3.8) is 0 Å². The minimum atomic E-state index is -4.48. The van der Waals surface area contributed by atoms with Crippen molar-refractivity contribution in [2.75, 3.05) is 20.2 Å². The van der Waals surface area contributed by atoms with Gasteiger partial charge in [-0.25, -0.2) is 9.07 Å². The number of halogens is 4. The highest BCUT2D eigenvalue weighted by Gasteiger charge is 2.31. The summed E-state index contributed by atoms with van der Waals surface area (Å²) in [6.45, 7) is 1.86. The quantitative estimate of drug-likeness (QED) is 0.551. The summed E-state index contributed by atoms with van der Waals surface area (Å²) < 4.78 is 59.1. The maximum absolute atomic E-state index is 13.6. The lowest BCUT2D eigenvalue weighted by molar-refractivity contribution is -0.137. The zero-order valence-electron chi connectivity index (χ0n) is 16.3. The van der Waals surface area contributed by atoms with Gasteiger partial charge >= 0.3 is 6.18 Å². The van der Waals surface area contributed by atoms with Crippen LogP contribution in [0, 0.1) is 12.7 Å². The molecule has 0 bridgehead atoms. The van der Waals surface area contributed by atoms with Gasteiger partial charge in [0.2, 0.25) is 0 Å². The van der Waals surface area contributed by atoms with Gasteiger partial charge in [0.15, 0.2) is 11.6 Å². The Morgan fingerprint density at radius 1 is 1.17 bits per heavy atom. The molecule has 3 rings (SSSR count). The highest BCUT2D eigenvalue weighted by Crippen LogP contribution is 2.30. The van der Waals surface area contributed by atoms with Crippen LogP contribution in [0.25, 0.3) is 5.69 Å². The van der Waals surface area contributed by atoms with E-state index < -0.39 is 17.6 Å². The van der Waals surface area contributed by atoms with Crippen LogP contribution in [0.3, 0.4) is 0 Å². The van der Waals surface area contributed by atoms with Gasteiger partial charge in [0.25, 0.3) is 5.91 Å². The minimum absolute atomic E-state index is 0.0734. The predicted octanol–water partition coefficient (Wildman–Crippen LogP) is 4.49. The van der Waals surface area contributed by atoms with Gasteiger partial charge in [0, 0.05) is 7.05 Å². The Labute approximate surface area is 170 Å². The molecule has 0 aliphatic heterocycles. The second kappa shape index (κ2) is 8.56. The Morgan fingerprint density at radius 3 is 2.60 bits per heavy atom. The largest absolute Gasteiger partial charge is 0.489 e. The lowest BCUT2D eigenvalue weighted by atomic mass is 10.2. The first-order valence-corrected chi connectivity index (χ1v) is 9.03. The minimum Gasteiger partial charge on any atom is -0.489 e. The summed E-state index contributed by atoms with van der Waals surface area (Å²) in [6, 6.07) is 10.7. The molecule has 5 nitrogen and oxygen atoms in total. The third-order valence-corrected chi connectivity index (χ3v) is 4.53. The van der Waals surface area contributed by atoms with Crippen LogP contribution in [-0.4, -0.2) is 40.8 Å². The van der Waals surface area contributed by atoms with Crippen LogP contribution in [0.4, 0.5) is 17.6 Å². The lowest BCUT2D eigenvalue weighted by Crippen LogP contribution is -2.31. The molecule has 0 saturated carbocycles. The number of likely N-dealkylation sites (N-methyl/N-ethyl adjacent to an activating group) is 1. The normalized spacial score (nSPS) is 11.4. The summed E-state index contributed by atoms with van der Waals surface area (Å²) in [7, 11) is 1.55. The average Bonchev–Trinajstić information content (AvgIpc) is 3.09. The average molecular weight is 421 g/mol. The number of hydrogen-bond acceptors (Lipinski definition) is 3. The zero-order chi connectivity index (χ0) is 21.9. The number of hydrogen-bond donors (Lipinski definition) is 0. The van der Waals surface area contributed by atoms with Crippen molar-refractivity contribution in [2.24, 2.45) is 0 Å². The van der Waals surface area contributed by atoms with Crippen molar-refractivity contribution in [1.82, 2.24) is 14.7 Å². The van der Waals surface area contributed by atoms with E-state index in [1.54, 1.807) is 26.1 Å². The summed E-state index contributed by atoms with van der Waals surface area (Å²) in [4.78, 5) is 14.1. The van der Waals surface area contributed by atoms with Crippen molar-refractivity contribution in [3.8, 4) is 11.4 Å². The van der Waals surface area contributed by atoms with Crippen LogP contribution in [0.2, 0.25) is 0 Å². The van der Waals surface area contributed by atoms with Gasteiger partial charge < -0.3 is 9.64 Å². The Morgan fingerprint density at radius 2 is 1.90 bits per heavy atom. The fourth-order valence-electron chi connectivity index (χ4n) is 2.86. The molecule has 3 aromatic rings. The molecule has 1 amide bonds. The molecule has 30 heavy (non-hydrogen) atoms. The third kappa shape index (κ3) is 4.61. The number of benzene rings is 2. The maximum atomic E-state index is 13.6. The second-order valence-corrected chi connectivity index (χ2v) is 6.61. The van der Waals surface area contributed by atoms with E-state index in [1.165, 1.54) is 40.0 Å². The van der Waals surface area contributed by atoms with E-state index in [1.807, 2.05) is 0 Å². The van der Waals surface area contributed by atoms with Gasteiger partial charge in [-0.15, -0.1) is 0 Å². The molecule has 0 atom stereocenters. The molecule has 0 aliphatic carbocycles. The number of nitrogens with zero attached hydrogens (tertiary/aromatic N) is 3. The SMILES string of the molecule is Cc1c(C(=O)N(C)CCOc2ccccc2F)cnn1-c1cccc(C(F)(F)F)c1. The molecular weight excluding hydrogens is 402 g/mol. The molecule has 0 aliphatic rings. The molecule has 1 aromatic heterocycles. The molecule has 158 valence electrons. The number of carbonyl (C=O) groups is 1. The summed E-state index contributed by atoms with van der Waals surface area (Å²) >= 11 is 0. The van der Waals surface area contributed by atoms with E-state index in [0.717, 1.165) is 12.1 Å². The van der Waals surface area contributed by atoms with Crippen LogP contribution in [-0.2, 0) is 6.18 Å². The van der Waals surface area contributed by atoms with Crippen molar-refractivity contribution in [2.45, 2.75) is 13.1 Å². The van der Waals surface area contributed by atoms with Gasteiger partial charge in [0.1, 0.15) is 6.61 Å². The lowest BCUT2D eigenvalue weighted by Gasteiger charge is -2.17.